The van der Waals surface area contributed by atoms with Crippen LogP contribution in [0.1, 0.15) is 24.0 Å². The Labute approximate surface area is 149 Å². The van der Waals surface area contributed by atoms with Crippen LogP contribution in [0.5, 0.6) is 0 Å². The molecule has 25 heavy (non-hydrogen) atoms. The van der Waals surface area contributed by atoms with Crippen molar-refractivity contribution in [1.82, 2.24) is 9.80 Å². The van der Waals surface area contributed by atoms with Gasteiger partial charge in [0.15, 0.2) is 0 Å². The van der Waals surface area contributed by atoms with Gasteiger partial charge in [-0.15, -0.1) is 0 Å². The molecule has 1 aromatic carbocycles. The lowest BCUT2D eigenvalue weighted by Gasteiger charge is -2.30. The van der Waals surface area contributed by atoms with Crippen molar-refractivity contribution in [1.29, 1.82) is 0 Å². The number of carbonyl (C=O) groups excluding carboxylic acids is 1. The highest BCUT2D eigenvalue weighted by atomic mass is 16.5. The standard InChI is InChI=1S/C20H28N2O3/c1-21(13-16(23)14-22-8-10-25-11-9-22)19(24)18-12-20(18)7-6-15-4-2-3-5-17(15)20/h2-5,16,18,23H,6-14H2,1H3. The maximum absolute atomic E-state index is 12.9. The minimum Gasteiger partial charge on any atom is -0.390 e. The number of aliphatic hydroxyl groups is 1. The Bertz CT molecular complexity index is 644. The summed E-state index contributed by atoms with van der Waals surface area (Å²) in [5.74, 6) is 0.287. The predicted octanol–water partition coefficient (Wildman–Crippen LogP) is 1.04. The average Bonchev–Trinajstić information content (AvgIpc) is 3.24. The van der Waals surface area contributed by atoms with E-state index in [1.165, 1.54) is 11.1 Å². The van der Waals surface area contributed by atoms with E-state index in [0.717, 1.165) is 45.6 Å². The highest BCUT2D eigenvalue weighted by Crippen LogP contribution is 2.61. The van der Waals surface area contributed by atoms with Crippen molar-refractivity contribution in [2.75, 3.05) is 46.4 Å². The lowest BCUT2D eigenvalue weighted by molar-refractivity contribution is -0.133. The maximum Gasteiger partial charge on any atom is 0.226 e. The number of amides is 1. The van der Waals surface area contributed by atoms with Gasteiger partial charge in [-0.2, -0.15) is 0 Å². The zero-order valence-electron chi connectivity index (χ0n) is 15.0. The lowest BCUT2D eigenvalue weighted by Crippen LogP contribution is -2.45. The van der Waals surface area contributed by atoms with Crippen LogP contribution in [0.3, 0.4) is 0 Å². The van der Waals surface area contributed by atoms with Crippen LogP contribution in [0.25, 0.3) is 0 Å². The summed E-state index contributed by atoms with van der Waals surface area (Å²) in [4.78, 5) is 16.8. The van der Waals surface area contributed by atoms with Crippen LogP contribution < -0.4 is 0 Å². The molecule has 3 aliphatic rings. The first-order valence-corrected chi connectivity index (χ1v) is 9.42. The summed E-state index contributed by atoms with van der Waals surface area (Å²) in [6, 6.07) is 8.56. The van der Waals surface area contributed by atoms with Gasteiger partial charge in [0.2, 0.25) is 5.91 Å². The number of benzene rings is 1. The molecular formula is C20H28N2O3. The molecule has 2 aliphatic carbocycles. The van der Waals surface area contributed by atoms with Crippen molar-refractivity contribution in [3.05, 3.63) is 35.4 Å². The van der Waals surface area contributed by atoms with Crippen molar-refractivity contribution < 1.29 is 14.6 Å². The summed E-state index contributed by atoms with van der Waals surface area (Å²) >= 11 is 0. The number of β-amino-alcohol motifs (C(OH)–C–C–N with tert-alkyl or cyclic N) is 1. The van der Waals surface area contributed by atoms with Crippen molar-refractivity contribution >= 4 is 5.91 Å². The van der Waals surface area contributed by atoms with E-state index in [4.69, 9.17) is 4.74 Å². The number of ether oxygens (including phenoxy) is 1. The van der Waals surface area contributed by atoms with Gasteiger partial charge in [-0.05, 0) is 30.4 Å². The number of morpholine rings is 1. The molecule has 1 spiro atoms. The van der Waals surface area contributed by atoms with Gasteiger partial charge in [0.1, 0.15) is 0 Å². The minimum absolute atomic E-state index is 0.0805. The van der Waals surface area contributed by atoms with Gasteiger partial charge >= 0.3 is 0 Å². The fourth-order valence-electron chi connectivity index (χ4n) is 4.73. The fourth-order valence-corrected chi connectivity index (χ4v) is 4.73. The van der Waals surface area contributed by atoms with Gasteiger partial charge < -0.3 is 14.7 Å². The average molecular weight is 344 g/mol. The molecule has 5 heteroatoms. The number of fused-ring (bicyclic) bond motifs is 2. The molecule has 1 aromatic rings. The molecule has 0 bridgehead atoms. The predicted molar refractivity (Wildman–Crippen MR) is 95.5 cm³/mol. The molecule has 0 aromatic heterocycles. The molecule has 2 fully saturated rings. The second-order valence-corrected chi connectivity index (χ2v) is 7.86. The van der Waals surface area contributed by atoms with E-state index in [9.17, 15) is 9.90 Å². The van der Waals surface area contributed by atoms with Gasteiger partial charge in [0.25, 0.3) is 0 Å². The van der Waals surface area contributed by atoms with E-state index in [-0.39, 0.29) is 17.2 Å². The zero-order chi connectivity index (χ0) is 17.4. The van der Waals surface area contributed by atoms with Crippen LogP contribution in [0.2, 0.25) is 0 Å². The summed E-state index contributed by atoms with van der Waals surface area (Å²) in [6.45, 7) is 4.19. The Kier molecular flexibility index (Phi) is 4.56. The summed E-state index contributed by atoms with van der Waals surface area (Å²) in [7, 11) is 1.83. The van der Waals surface area contributed by atoms with Gasteiger partial charge in [-0.3, -0.25) is 9.69 Å². The van der Waals surface area contributed by atoms with E-state index in [2.05, 4.69) is 29.2 Å². The molecular weight excluding hydrogens is 316 g/mol. The van der Waals surface area contributed by atoms with Crippen molar-refractivity contribution in [3.8, 4) is 0 Å². The molecule has 1 saturated heterocycles. The van der Waals surface area contributed by atoms with Crippen LogP contribution in [0.15, 0.2) is 24.3 Å². The van der Waals surface area contributed by atoms with Crippen LogP contribution in [0.4, 0.5) is 0 Å². The molecule has 1 heterocycles. The highest BCUT2D eigenvalue weighted by molar-refractivity contribution is 5.85. The number of carbonyl (C=O) groups is 1. The Morgan fingerprint density at radius 3 is 2.96 bits per heavy atom. The minimum atomic E-state index is -0.502. The summed E-state index contributed by atoms with van der Waals surface area (Å²) in [6.07, 6.45) is 2.64. The van der Waals surface area contributed by atoms with Gasteiger partial charge in [-0.1, -0.05) is 24.3 Å². The zero-order valence-corrected chi connectivity index (χ0v) is 15.0. The van der Waals surface area contributed by atoms with Crippen molar-refractivity contribution in [2.45, 2.75) is 30.8 Å². The van der Waals surface area contributed by atoms with Crippen molar-refractivity contribution in [3.63, 3.8) is 0 Å². The van der Waals surface area contributed by atoms with Gasteiger partial charge in [-0.25, -0.2) is 0 Å². The number of hydrogen-bond donors (Lipinski definition) is 1. The van der Waals surface area contributed by atoms with Crippen LogP contribution >= 0.6 is 0 Å². The third kappa shape index (κ3) is 3.21. The lowest BCUT2D eigenvalue weighted by atomic mass is 9.95. The first-order chi connectivity index (χ1) is 12.1. The Morgan fingerprint density at radius 1 is 1.40 bits per heavy atom. The Hall–Kier alpha value is -1.43. The topological polar surface area (TPSA) is 53.0 Å². The smallest absolute Gasteiger partial charge is 0.226 e. The third-order valence-corrected chi connectivity index (χ3v) is 6.20. The van der Waals surface area contributed by atoms with E-state index in [0.29, 0.717) is 13.1 Å². The van der Waals surface area contributed by atoms with Crippen LogP contribution in [-0.4, -0.2) is 73.4 Å². The summed E-state index contributed by atoms with van der Waals surface area (Å²) < 4.78 is 5.33. The first-order valence-electron chi connectivity index (χ1n) is 9.42. The fraction of sp³-hybridized carbons (Fsp3) is 0.650. The normalized spacial score (nSPS) is 29.4. The van der Waals surface area contributed by atoms with E-state index in [1.807, 2.05) is 7.05 Å². The molecule has 1 aliphatic heterocycles. The monoisotopic (exact) mass is 344 g/mol. The van der Waals surface area contributed by atoms with Crippen molar-refractivity contribution in [2.24, 2.45) is 5.92 Å². The SMILES string of the molecule is CN(CC(O)CN1CCOCC1)C(=O)C1CC12CCc1ccccc12. The van der Waals surface area contributed by atoms with Crippen LogP contribution in [0, 0.1) is 5.92 Å². The second-order valence-electron chi connectivity index (χ2n) is 7.86. The molecule has 3 unspecified atom stereocenters. The van der Waals surface area contributed by atoms with E-state index in [1.54, 1.807) is 4.90 Å². The summed E-state index contributed by atoms with van der Waals surface area (Å²) in [5, 5.41) is 10.4. The molecule has 3 atom stereocenters. The Morgan fingerprint density at radius 2 is 2.16 bits per heavy atom. The van der Waals surface area contributed by atoms with Gasteiger partial charge in [0.05, 0.1) is 19.3 Å². The number of aliphatic hydroxyl groups excluding tert-OH is 1. The number of likely N-dealkylation sites (N-methyl/N-ethyl adjacent to an activating group) is 1. The third-order valence-electron chi connectivity index (χ3n) is 6.20. The van der Waals surface area contributed by atoms with Gasteiger partial charge in [0, 0.05) is 44.6 Å². The van der Waals surface area contributed by atoms with E-state index >= 15 is 0 Å². The first kappa shape index (κ1) is 17.0. The molecule has 1 N–H and O–H groups in total. The summed E-state index contributed by atoms with van der Waals surface area (Å²) in [5.41, 5.74) is 2.88. The molecule has 4 rings (SSSR count). The largest absolute Gasteiger partial charge is 0.390 e. The van der Waals surface area contributed by atoms with Crippen LogP contribution in [-0.2, 0) is 21.4 Å². The molecule has 1 saturated carbocycles. The molecule has 1 amide bonds. The molecule has 136 valence electrons. The number of rotatable bonds is 5. The molecule has 0 radical (unpaired) electrons. The Balaban J connectivity index is 1.33. The number of nitrogens with zero attached hydrogens (tertiary/aromatic N) is 2. The number of aryl methyl sites for hydroxylation is 1. The second kappa shape index (κ2) is 6.71. The highest BCUT2D eigenvalue weighted by Gasteiger charge is 2.61. The quantitative estimate of drug-likeness (QED) is 0.867. The molecule has 5 nitrogen and oxygen atoms in total. The van der Waals surface area contributed by atoms with E-state index < -0.39 is 6.10 Å². The number of hydrogen-bond acceptors (Lipinski definition) is 4. The maximum atomic E-state index is 12.9.